The van der Waals surface area contributed by atoms with Crippen molar-refractivity contribution in [1.29, 1.82) is 0 Å². The third kappa shape index (κ3) is 3.18. The number of anilines is 2. The lowest BCUT2D eigenvalue weighted by Crippen LogP contribution is -2.33. The summed E-state index contributed by atoms with van der Waals surface area (Å²) in [5.41, 5.74) is 2.52. The van der Waals surface area contributed by atoms with Crippen molar-refractivity contribution in [2.24, 2.45) is 11.8 Å². The highest BCUT2D eigenvalue weighted by Gasteiger charge is 2.25. The summed E-state index contributed by atoms with van der Waals surface area (Å²) in [6.07, 6.45) is 4.04. The van der Waals surface area contributed by atoms with Crippen molar-refractivity contribution in [3.05, 3.63) is 24.3 Å². The van der Waals surface area contributed by atoms with Gasteiger partial charge in [0.2, 0.25) is 0 Å². The molecule has 18 heavy (non-hydrogen) atoms. The maximum atomic E-state index is 3.73. The number of rotatable bonds is 3. The van der Waals surface area contributed by atoms with Crippen LogP contribution in [0.2, 0.25) is 0 Å². The predicted octanol–water partition coefficient (Wildman–Crippen LogP) is 3.99. The van der Waals surface area contributed by atoms with Gasteiger partial charge in [0.05, 0.1) is 0 Å². The molecule has 100 valence electrons. The Hall–Kier alpha value is -1.18. The molecule has 0 aliphatic heterocycles. The first-order valence-electron chi connectivity index (χ1n) is 7.10. The molecule has 0 radical (unpaired) electrons. The van der Waals surface area contributed by atoms with E-state index in [1.54, 1.807) is 0 Å². The van der Waals surface area contributed by atoms with Crippen LogP contribution in [0.1, 0.15) is 33.1 Å². The predicted molar refractivity (Wildman–Crippen MR) is 80.4 cm³/mol. The Morgan fingerprint density at radius 2 is 1.94 bits per heavy atom. The zero-order valence-electron chi connectivity index (χ0n) is 12.1. The molecule has 1 N–H and O–H groups in total. The highest BCUT2D eigenvalue weighted by molar-refractivity contribution is 5.57. The normalized spacial score (nSPS) is 27.9. The first-order valence-corrected chi connectivity index (χ1v) is 7.10. The molecule has 1 aromatic carbocycles. The Bertz CT molecular complexity index is 386. The van der Waals surface area contributed by atoms with Crippen molar-refractivity contribution >= 4 is 11.4 Å². The van der Waals surface area contributed by atoms with E-state index in [9.17, 15) is 0 Å². The molecule has 0 amide bonds. The van der Waals surface area contributed by atoms with Gasteiger partial charge in [-0.05, 0) is 42.9 Å². The van der Waals surface area contributed by atoms with Gasteiger partial charge in [0.1, 0.15) is 0 Å². The fourth-order valence-corrected chi connectivity index (χ4v) is 2.82. The van der Waals surface area contributed by atoms with Crippen LogP contribution in [0.4, 0.5) is 11.4 Å². The molecule has 1 aromatic rings. The summed E-state index contributed by atoms with van der Waals surface area (Å²) in [7, 11) is 4.18. The minimum Gasteiger partial charge on any atom is -0.382 e. The highest BCUT2D eigenvalue weighted by Crippen LogP contribution is 2.31. The van der Waals surface area contributed by atoms with E-state index in [4.69, 9.17) is 0 Å². The molecule has 1 aliphatic rings. The maximum absolute atomic E-state index is 3.73. The second kappa shape index (κ2) is 5.64. The van der Waals surface area contributed by atoms with Crippen LogP contribution in [0.3, 0.4) is 0 Å². The fourth-order valence-electron chi connectivity index (χ4n) is 2.82. The van der Waals surface area contributed by atoms with E-state index >= 15 is 0 Å². The van der Waals surface area contributed by atoms with Crippen LogP contribution in [0, 0.1) is 11.8 Å². The summed E-state index contributed by atoms with van der Waals surface area (Å²) < 4.78 is 0. The number of hydrogen-bond donors (Lipinski definition) is 1. The lowest BCUT2D eigenvalue weighted by Gasteiger charge is -2.34. The first-order chi connectivity index (χ1) is 8.56. The van der Waals surface area contributed by atoms with Crippen molar-refractivity contribution in [3.8, 4) is 0 Å². The van der Waals surface area contributed by atoms with Gasteiger partial charge in [-0.25, -0.2) is 0 Å². The molecule has 3 atom stereocenters. The van der Waals surface area contributed by atoms with Gasteiger partial charge in [-0.15, -0.1) is 0 Å². The minimum absolute atomic E-state index is 0.631. The average molecular weight is 246 g/mol. The largest absolute Gasteiger partial charge is 0.382 e. The molecule has 0 bridgehead atoms. The molecule has 1 aliphatic carbocycles. The van der Waals surface area contributed by atoms with Crippen LogP contribution in [-0.2, 0) is 0 Å². The summed E-state index contributed by atoms with van der Waals surface area (Å²) in [5.74, 6) is 1.64. The number of hydrogen-bond acceptors (Lipinski definition) is 2. The van der Waals surface area contributed by atoms with Gasteiger partial charge < -0.3 is 10.2 Å². The molecule has 3 unspecified atom stereocenters. The van der Waals surface area contributed by atoms with Crippen LogP contribution in [-0.4, -0.2) is 20.1 Å². The quantitative estimate of drug-likeness (QED) is 0.867. The van der Waals surface area contributed by atoms with Gasteiger partial charge in [-0.2, -0.15) is 0 Å². The molecule has 2 nitrogen and oxygen atoms in total. The van der Waals surface area contributed by atoms with Gasteiger partial charge >= 0.3 is 0 Å². The van der Waals surface area contributed by atoms with Crippen LogP contribution in [0.15, 0.2) is 24.3 Å². The van der Waals surface area contributed by atoms with E-state index in [1.807, 2.05) is 0 Å². The summed E-state index contributed by atoms with van der Waals surface area (Å²) in [6, 6.07) is 9.34. The summed E-state index contributed by atoms with van der Waals surface area (Å²) in [5, 5.41) is 3.73. The first kappa shape index (κ1) is 13.3. The molecule has 0 heterocycles. The van der Waals surface area contributed by atoms with E-state index in [-0.39, 0.29) is 0 Å². The van der Waals surface area contributed by atoms with Crippen molar-refractivity contribution in [2.45, 2.75) is 39.2 Å². The number of benzene rings is 1. The van der Waals surface area contributed by atoms with Gasteiger partial charge in [0, 0.05) is 31.5 Å². The lowest BCUT2D eigenvalue weighted by molar-refractivity contribution is 0.281. The molecular weight excluding hydrogens is 220 g/mol. The standard InChI is InChI=1S/C16H26N2/c1-12-8-9-13(2)16(10-12)17-14-6-5-7-15(11-14)18(3)4/h5-7,11-13,16-17H,8-10H2,1-4H3. The lowest BCUT2D eigenvalue weighted by atomic mass is 9.80. The van der Waals surface area contributed by atoms with Crippen LogP contribution in [0.5, 0.6) is 0 Å². The van der Waals surface area contributed by atoms with E-state index < -0.39 is 0 Å². The van der Waals surface area contributed by atoms with Crippen molar-refractivity contribution < 1.29 is 0 Å². The van der Waals surface area contributed by atoms with Crippen LogP contribution >= 0.6 is 0 Å². The maximum Gasteiger partial charge on any atom is 0.0381 e. The molecule has 0 aromatic heterocycles. The fraction of sp³-hybridized carbons (Fsp3) is 0.625. The summed E-state index contributed by atoms with van der Waals surface area (Å²) in [6.45, 7) is 4.75. The topological polar surface area (TPSA) is 15.3 Å². The van der Waals surface area contributed by atoms with E-state index in [0.29, 0.717) is 6.04 Å². The van der Waals surface area contributed by atoms with Crippen LogP contribution in [0.25, 0.3) is 0 Å². The Balaban J connectivity index is 2.06. The molecular formula is C16H26N2. The smallest absolute Gasteiger partial charge is 0.0381 e. The van der Waals surface area contributed by atoms with Gasteiger partial charge in [-0.3, -0.25) is 0 Å². The molecule has 0 spiro atoms. The van der Waals surface area contributed by atoms with Gasteiger partial charge in [0.15, 0.2) is 0 Å². The SMILES string of the molecule is CC1CCC(C)C(Nc2cccc(N(C)C)c2)C1. The molecule has 1 saturated carbocycles. The summed E-state index contributed by atoms with van der Waals surface area (Å²) >= 11 is 0. The van der Waals surface area contributed by atoms with E-state index in [0.717, 1.165) is 11.8 Å². The van der Waals surface area contributed by atoms with Crippen molar-refractivity contribution in [2.75, 3.05) is 24.3 Å². The zero-order chi connectivity index (χ0) is 13.1. The Labute approximate surface area is 111 Å². The van der Waals surface area contributed by atoms with Crippen molar-refractivity contribution in [3.63, 3.8) is 0 Å². The number of nitrogens with one attached hydrogen (secondary N) is 1. The average Bonchev–Trinajstić information content (AvgIpc) is 2.34. The molecule has 0 saturated heterocycles. The van der Waals surface area contributed by atoms with E-state index in [1.165, 1.54) is 30.6 Å². The van der Waals surface area contributed by atoms with Gasteiger partial charge in [0.25, 0.3) is 0 Å². The molecule has 2 heteroatoms. The molecule has 1 fully saturated rings. The minimum atomic E-state index is 0.631. The zero-order valence-corrected chi connectivity index (χ0v) is 12.1. The highest BCUT2D eigenvalue weighted by atomic mass is 15.1. The van der Waals surface area contributed by atoms with Crippen molar-refractivity contribution in [1.82, 2.24) is 0 Å². The summed E-state index contributed by atoms with van der Waals surface area (Å²) in [4.78, 5) is 2.15. The van der Waals surface area contributed by atoms with Gasteiger partial charge in [-0.1, -0.05) is 26.3 Å². The molecule has 2 rings (SSSR count). The number of nitrogens with zero attached hydrogens (tertiary/aromatic N) is 1. The van der Waals surface area contributed by atoms with E-state index in [2.05, 4.69) is 62.4 Å². The Morgan fingerprint density at radius 1 is 1.17 bits per heavy atom. The second-order valence-electron chi connectivity index (χ2n) is 6.09. The second-order valence-corrected chi connectivity index (χ2v) is 6.09. The third-order valence-electron chi connectivity index (χ3n) is 4.17. The third-order valence-corrected chi connectivity index (χ3v) is 4.17. The van der Waals surface area contributed by atoms with Crippen LogP contribution < -0.4 is 10.2 Å². The Morgan fingerprint density at radius 3 is 2.67 bits per heavy atom. The Kier molecular flexibility index (Phi) is 4.15. The monoisotopic (exact) mass is 246 g/mol.